The Kier molecular flexibility index (Phi) is 6.97. The van der Waals surface area contributed by atoms with Crippen LogP contribution >= 0.6 is 11.8 Å². The average Bonchev–Trinajstić information content (AvgIpc) is 3.04. The van der Waals surface area contributed by atoms with Crippen LogP contribution in [0.15, 0.2) is 71.6 Å². The van der Waals surface area contributed by atoms with Crippen LogP contribution in [0.4, 0.5) is 11.4 Å². The van der Waals surface area contributed by atoms with Gasteiger partial charge in [-0.05, 0) is 43.3 Å². The summed E-state index contributed by atoms with van der Waals surface area (Å²) in [4.78, 5) is 26.0. The highest BCUT2D eigenvalue weighted by molar-refractivity contribution is 8.00. The maximum absolute atomic E-state index is 12.9. The van der Waals surface area contributed by atoms with E-state index in [2.05, 4.69) is 10.6 Å². The summed E-state index contributed by atoms with van der Waals surface area (Å²) in [5.74, 6) is 1.12. The molecule has 0 saturated heterocycles. The Morgan fingerprint density at radius 1 is 0.875 bits per heavy atom. The zero-order valence-electron chi connectivity index (χ0n) is 17.7. The van der Waals surface area contributed by atoms with Gasteiger partial charge in [0, 0.05) is 28.8 Å². The van der Waals surface area contributed by atoms with Gasteiger partial charge in [-0.15, -0.1) is 11.8 Å². The van der Waals surface area contributed by atoms with Crippen LogP contribution in [-0.2, 0) is 4.79 Å². The van der Waals surface area contributed by atoms with Gasteiger partial charge in [0.1, 0.15) is 0 Å². The lowest BCUT2D eigenvalue weighted by Crippen LogP contribution is -2.16. The lowest BCUT2D eigenvalue weighted by molar-refractivity contribution is -0.113. The van der Waals surface area contributed by atoms with Crippen molar-refractivity contribution in [1.82, 2.24) is 0 Å². The first-order valence-electron chi connectivity index (χ1n) is 10.4. The van der Waals surface area contributed by atoms with Crippen LogP contribution in [0.25, 0.3) is 0 Å². The number of anilines is 2. The number of thioether (sulfide) groups is 1. The second-order valence-corrected chi connectivity index (χ2v) is 8.38. The van der Waals surface area contributed by atoms with Crippen molar-refractivity contribution in [3.8, 4) is 11.5 Å². The Hall–Kier alpha value is -3.45. The van der Waals surface area contributed by atoms with E-state index in [9.17, 15) is 9.59 Å². The van der Waals surface area contributed by atoms with Crippen molar-refractivity contribution in [2.24, 2.45) is 0 Å². The Balaban J connectivity index is 1.40. The first kappa shape index (κ1) is 21.8. The highest BCUT2D eigenvalue weighted by atomic mass is 32.2. The van der Waals surface area contributed by atoms with Crippen molar-refractivity contribution in [3.63, 3.8) is 0 Å². The minimum absolute atomic E-state index is 0.128. The number of fused-ring (bicyclic) bond motifs is 1. The van der Waals surface area contributed by atoms with Gasteiger partial charge in [0.05, 0.1) is 24.5 Å². The topological polar surface area (TPSA) is 76.7 Å². The number of hydrogen-bond acceptors (Lipinski definition) is 5. The molecular weight excluding hydrogens is 424 g/mol. The van der Waals surface area contributed by atoms with E-state index in [1.54, 1.807) is 30.3 Å². The maximum atomic E-state index is 12.9. The quantitative estimate of drug-likeness (QED) is 0.511. The Morgan fingerprint density at radius 3 is 2.41 bits per heavy atom. The first-order chi connectivity index (χ1) is 15.6. The van der Waals surface area contributed by atoms with Crippen LogP contribution in [-0.4, -0.2) is 30.8 Å². The van der Waals surface area contributed by atoms with Gasteiger partial charge < -0.3 is 20.1 Å². The molecule has 32 heavy (non-hydrogen) atoms. The van der Waals surface area contributed by atoms with Crippen LogP contribution < -0.4 is 20.1 Å². The summed E-state index contributed by atoms with van der Waals surface area (Å²) in [5, 5.41) is 5.79. The summed E-state index contributed by atoms with van der Waals surface area (Å²) in [6, 6.07) is 20.2. The van der Waals surface area contributed by atoms with Gasteiger partial charge in [0.2, 0.25) is 5.91 Å². The molecule has 164 valence electrons. The average molecular weight is 449 g/mol. The second-order valence-electron chi connectivity index (χ2n) is 7.37. The van der Waals surface area contributed by atoms with E-state index in [1.807, 2.05) is 43.3 Å². The maximum Gasteiger partial charge on any atom is 0.256 e. The van der Waals surface area contributed by atoms with Crippen molar-refractivity contribution in [1.29, 1.82) is 0 Å². The third-order valence-corrected chi connectivity index (χ3v) is 5.90. The molecule has 2 N–H and O–H groups in total. The standard InChI is InChI=1S/C25H24N2O4S/c1-17-7-9-18(10-8-17)26-24(28)16-32-23-6-3-2-5-20(23)25(29)27-19-11-12-21-22(15-19)31-14-4-13-30-21/h2-3,5-12,15H,4,13-14,16H2,1H3,(H,26,28)(H,27,29). The molecule has 0 spiro atoms. The van der Waals surface area contributed by atoms with Crippen molar-refractivity contribution in [2.75, 3.05) is 29.6 Å². The lowest BCUT2D eigenvalue weighted by Gasteiger charge is -2.12. The predicted octanol–water partition coefficient (Wildman–Crippen LogP) is 5.14. The number of benzene rings is 3. The number of aryl methyl sites for hydroxylation is 1. The lowest BCUT2D eigenvalue weighted by atomic mass is 10.2. The third kappa shape index (κ3) is 5.62. The van der Waals surface area contributed by atoms with Crippen LogP contribution in [0.2, 0.25) is 0 Å². The van der Waals surface area contributed by atoms with Gasteiger partial charge in [-0.25, -0.2) is 0 Å². The van der Waals surface area contributed by atoms with Crippen molar-refractivity contribution >= 4 is 35.0 Å². The summed E-state index contributed by atoms with van der Waals surface area (Å²) in [6.07, 6.45) is 0.818. The van der Waals surface area contributed by atoms with Gasteiger partial charge in [-0.1, -0.05) is 29.8 Å². The molecule has 0 aliphatic carbocycles. The van der Waals surface area contributed by atoms with E-state index in [4.69, 9.17) is 9.47 Å². The zero-order valence-corrected chi connectivity index (χ0v) is 18.5. The van der Waals surface area contributed by atoms with Gasteiger partial charge >= 0.3 is 0 Å². The molecule has 1 heterocycles. The zero-order chi connectivity index (χ0) is 22.3. The fourth-order valence-electron chi connectivity index (χ4n) is 3.20. The summed E-state index contributed by atoms with van der Waals surface area (Å²) in [5.41, 5.74) is 3.01. The molecule has 0 unspecified atom stereocenters. The first-order valence-corrected chi connectivity index (χ1v) is 11.4. The van der Waals surface area contributed by atoms with E-state index in [0.29, 0.717) is 36.0 Å². The summed E-state index contributed by atoms with van der Waals surface area (Å²) < 4.78 is 11.3. The molecule has 0 bridgehead atoms. The monoisotopic (exact) mass is 448 g/mol. The number of carbonyl (C=O) groups excluding carboxylic acids is 2. The minimum atomic E-state index is -0.249. The van der Waals surface area contributed by atoms with Gasteiger partial charge in [-0.3, -0.25) is 9.59 Å². The second kappa shape index (κ2) is 10.2. The minimum Gasteiger partial charge on any atom is -0.490 e. The Bertz CT molecular complexity index is 1120. The van der Waals surface area contributed by atoms with Crippen molar-refractivity contribution < 1.29 is 19.1 Å². The Morgan fingerprint density at radius 2 is 1.59 bits per heavy atom. The molecule has 0 radical (unpaired) electrons. The molecule has 1 aliphatic heterocycles. The molecule has 6 nitrogen and oxygen atoms in total. The third-order valence-electron chi connectivity index (χ3n) is 4.83. The van der Waals surface area contributed by atoms with Crippen molar-refractivity contribution in [3.05, 3.63) is 77.9 Å². The molecule has 2 amide bonds. The number of amides is 2. The summed E-state index contributed by atoms with van der Waals surface area (Å²) >= 11 is 1.32. The van der Waals surface area contributed by atoms with E-state index in [-0.39, 0.29) is 17.6 Å². The van der Waals surface area contributed by atoms with Gasteiger partial charge in [0.15, 0.2) is 11.5 Å². The SMILES string of the molecule is Cc1ccc(NC(=O)CSc2ccccc2C(=O)Nc2ccc3c(c2)OCCCO3)cc1. The highest BCUT2D eigenvalue weighted by Gasteiger charge is 2.16. The van der Waals surface area contributed by atoms with Crippen molar-refractivity contribution in [2.45, 2.75) is 18.2 Å². The predicted molar refractivity (Wildman–Crippen MR) is 127 cm³/mol. The van der Waals surface area contributed by atoms with E-state index in [1.165, 1.54) is 11.8 Å². The van der Waals surface area contributed by atoms with Gasteiger partial charge in [-0.2, -0.15) is 0 Å². The molecule has 7 heteroatoms. The molecule has 4 rings (SSSR count). The van der Waals surface area contributed by atoms with E-state index >= 15 is 0 Å². The van der Waals surface area contributed by atoms with E-state index < -0.39 is 0 Å². The van der Waals surface area contributed by atoms with E-state index in [0.717, 1.165) is 22.6 Å². The molecule has 0 atom stereocenters. The summed E-state index contributed by atoms with van der Waals surface area (Å²) in [7, 11) is 0. The molecule has 1 aliphatic rings. The molecule has 3 aromatic carbocycles. The number of nitrogens with one attached hydrogen (secondary N) is 2. The fraction of sp³-hybridized carbons (Fsp3) is 0.200. The van der Waals surface area contributed by atoms with Gasteiger partial charge in [0.25, 0.3) is 5.91 Å². The smallest absolute Gasteiger partial charge is 0.256 e. The molecule has 0 aromatic heterocycles. The molecular formula is C25H24N2O4S. The number of carbonyl (C=O) groups is 2. The summed E-state index contributed by atoms with van der Waals surface area (Å²) in [6.45, 7) is 3.19. The molecule has 0 saturated carbocycles. The Labute approximate surface area is 191 Å². The highest BCUT2D eigenvalue weighted by Crippen LogP contribution is 2.33. The van der Waals surface area contributed by atoms with Crippen LogP contribution in [0.5, 0.6) is 11.5 Å². The normalized spacial score (nSPS) is 12.5. The van der Waals surface area contributed by atoms with Crippen LogP contribution in [0, 0.1) is 6.92 Å². The fourth-order valence-corrected chi connectivity index (χ4v) is 4.05. The molecule has 3 aromatic rings. The van der Waals surface area contributed by atoms with Crippen LogP contribution in [0.3, 0.4) is 0 Å². The van der Waals surface area contributed by atoms with Crippen LogP contribution in [0.1, 0.15) is 22.3 Å². The largest absolute Gasteiger partial charge is 0.490 e. The number of rotatable bonds is 6. The number of ether oxygens (including phenoxy) is 2. The number of hydrogen-bond donors (Lipinski definition) is 2. The molecule has 0 fully saturated rings.